The highest BCUT2D eigenvalue weighted by Gasteiger charge is 2.05. The summed E-state index contributed by atoms with van der Waals surface area (Å²) in [6, 6.07) is 7.55. The number of hydrogen-bond donors (Lipinski definition) is 2. The van der Waals surface area contributed by atoms with Gasteiger partial charge in [0.2, 0.25) is 0 Å². The topological polar surface area (TPSA) is 73.6 Å². The Hall–Kier alpha value is -1.59. The van der Waals surface area contributed by atoms with Gasteiger partial charge in [-0.15, -0.1) is 0 Å². The lowest BCUT2D eigenvalue weighted by Gasteiger charge is -2.11. The lowest BCUT2D eigenvalue weighted by atomic mass is 10.1. The van der Waals surface area contributed by atoms with Crippen LogP contribution in [0.5, 0.6) is 5.75 Å². The molecule has 5 nitrogen and oxygen atoms in total. The molecule has 19 heavy (non-hydrogen) atoms. The summed E-state index contributed by atoms with van der Waals surface area (Å²) in [5.41, 5.74) is 6.99. The van der Waals surface area contributed by atoms with Gasteiger partial charge in [0.25, 0.3) is 5.91 Å². The van der Waals surface area contributed by atoms with Crippen LogP contribution in [0.15, 0.2) is 24.3 Å². The van der Waals surface area contributed by atoms with Crippen LogP contribution in [0.4, 0.5) is 0 Å². The van der Waals surface area contributed by atoms with Gasteiger partial charge in [0.1, 0.15) is 5.75 Å². The summed E-state index contributed by atoms with van der Waals surface area (Å²) in [7, 11) is 1.59. The van der Waals surface area contributed by atoms with Crippen molar-refractivity contribution in [3.8, 4) is 5.75 Å². The van der Waals surface area contributed by atoms with Crippen molar-refractivity contribution in [2.75, 3.05) is 26.9 Å². The minimum Gasteiger partial charge on any atom is -0.484 e. The molecule has 106 valence electrons. The van der Waals surface area contributed by atoms with Crippen molar-refractivity contribution >= 4 is 5.91 Å². The molecule has 0 unspecified atom stereocenters. The van der Waals surface area contributed by atoms with Gasteiger partial charge in [0.15, 0.2) is 6.61 Å². The summed E-state index contributed by atoms with van der Waals surface area (Å²) in [6.07, 6.45) is 0.891. The van der Waals surface area contributed by atoms with Crippen molar-refractivity contribution in [1.82, 2.24) is 5.32 Å². The molecule has 3 N–H and O–H groups in total. The third kappa shape index (κ3) is 5.72. The summed E-state index contributed by atoms with van der Waals surface area (Å²) in [5.74, 6) is 0.500. The Kier molecular flexibility index (Phi) is 6.92. The van der Waals surface area contributed by atoms with Gasteiger partial charge in [-0.2, -0.15) is 0 Å². The molecule has 0 aliphatic rings. The summed E-state index contributed by atoms with van der Waals surface area (Å²) in [6.45, 7) is 3.03. The molecule has 1 aromatic rings. The first-order valence-corrected chi connectivity index (χ1v) is 6.41. The number of methoxy groups -OCH3 is 1. The van der Waals surface area contributed by atoms with E-state index in [9.17, 15) is 4.79 Å². The summed E-state index contributed by atoms with van der Waals surface area (Å²) in [5, 5.41) is 2.68. The summed E-state index contributed by atoms with van der Waals surface area (Å²) < 4.78 is 10.2. The predicted molar refractivity (Wildman–Crippen MR) is 74.0 cm³/mol. The van der Waals surface area contributed by atoms with Gasteiger partial charge in [-0.1, -0.05) is 19.1 Å². The van der Waals surface area contributed by atoms with Crippen molar-refractivity contribution in [3.63, 3.8) is 0 Å². The van der Waals surface area contributed by atoms with Gasteiger partial charge in [0, 0.05) is 19.7 Å². The van der Waals surface area contributed by atoms with Crippen molar-refractivity contribution in [3.05, 3.63) is 29.8 Å². The largest absolute Gasteiger partial charge is 0.484 e. The van der Waals surface area contributed by atoms with E-state index in [2.05, 4.69) is 5.32 Å². The number of benzene rings is 1. The van der Waals surface area contributed by atoms with E-state index in [1.165, 1.54) is 0 Å². The fraction of sp³-hybridized carbons (Fsp3) is 0.500. The predicted octanol–water partition coefficient (Wildman–Crippen LogP) is 1.24. The Bertz CT molecular complexity index is 379. The average Bonchev–Trinajstić information content (AvgIpc) is 2.45. The number of carbonyl (C=O) groups is 1. The third-order valence-corrected chi connectivity index (χ3v) is 2.75. The fourth-order valence-electron chi connectivity index (χ4n) is 1.54. The lowest BCUT2D eigenvalue weighted by Crippen LogP contribution is -2.31. The molecule has 0 radical (unpaired) electrons. The smallest absolute Gasteiger partial charge is 0.258 e. The zero-order valence-electron chi connectivity index (χ0n) is 11.5. The molecule has 0 bridgehead atoms. The first-order chi connectivity index (χ1) is 9.17. The maximum atomic E-state index is 11.4. The van der Waals surface area contributed by atoms with E-state index in [0.29, 0.717) is 18.9 Å². The average molecular weight is 266 g/mol. The monoisotopic (exact) mass is 266 g/mol. The second kappa shape index (κ2) is 8.50. The van der Waals surface area contributed by atoms with E-state index >= 15 is 0 Å². The second-order valence-corrected chi connectivity index (χ2v) is 4.22. The molecule has 1 rings (SSSR count). The minimum absolute atomic E-state index is 0.00287. The molecule has 0 fully saturated rings. The highest BCUT2D eigenvalue weighted by molar-refractivity contribution is 5.77. The van der Waals surface area contributed by atoms with Crippen LogP contribution in [0.2, 0.25) is 0 Å². The number of amides is 1. The molecule has 0 aromatic heterocycles. The van der Waals surface area contributed by atoms with E-state index in [1.807, 2.05) is 31.2 Å². The molecule has 5 heteroatoms. The molecule has 0 saturated heterocycles. The van der Waals surface area contributed by atoms with Crippen molar-refractivity contribution in [2.45, 2.75) is 19.4 Å². The number of carbonyl (C=O) groups excluding carboxylic acids is 1. The normalized spacial score (nSPS) is 11.9. The SMILES string of the molecule is CC[C@@H](N)c1ccc(OCC(=O)NCCOC)cc1. The van der Waals surface area contributed by atoms with Crippen molar-refractivity contribution in [1.29, 1.82) is 0 Å². The Morgan fingerprint density at radius 2 is 2.05 bits per heavy atom. The maximum absolute atomic E-state index is 11.4. The van der Waals surface area contributed by atoms with Crippen LogP contribution in [-0.4, -0.2) is 32.8 Å². The number of rotatable bonds is 8. The zero-order valence-corrected chi connectivity index (χ0v) is 11.5. The highest BCUT2D eigenvalue weighted by atomic mass is 16.5. The summed E-state index contributed by atoms with van der Waals surface area (Å²) >= 11 is 0. The Balaban J connectivity index is 2.35. The van der Waals surface area contributed by atoms with Crippen LogP contribution in [0.1, 0.15) is 24.9 Å². The van der Waals surface area contributed by atoms with E-state index in [1.54, 1.807) is 7.11 Å². The van der Waals surface area contributed by atoms with Crippen LogP contribution < -0.4 is 15.8 Å². The summed E-state index contributed by atoms with van der Waals surface area (Å²) in [4.78, 5) is 11.4. The van der Waals surface area contributed by atoms with Crippen LogP contribution in [0.25, 0.3) is 0 Å². The van der Waals surface area contributed by atoms with Crippen LogP contribution in [0, 0.1) is 0 Å². The molecule has 1 aromatic carbocycles. The highest BCUT2D eigenvalue weighted by Crippen LogP contribution is 2.18. The maximum Gasteiger partial charge on any atom is 0.258 e. The van der Waals surface area contributed by atoms with Gasteiger partial charge in [-0.3, -0.25) is 4.79 Å². The molecule has 0 heterocycles. The van der Waals surface area contributed by atoms with E-state index in [4.69, 9.17) is 15.2 Å². The van der Waals surface area contributed by atoms with E-state index in [0.717, 1.165) is 12.0 Å². The van der Waals surface area contributed by atoms with Gasteiger partial charge < -0.3 is 20.5 Å². The van der Waals surface area contributed by atoms with Crippen molar-refractivity contribution < 1.29 is 14.3 Å². The van der Waals surface area contributed by atoms with Crippen molar-refractivity contribution in [2.24, 2.45) is 5.73 Å². The number of nitrogens with one attached hydrogen (secondary N) is 1. The minimum atomic E-state index is -0.161. The Labute approximate surface area is 114 Å². The number of hydrogen-bond acceptors (Lipinski definition) is 4. The first-order valence-electron chi connectivity index (χ1n) is 6.41. The molecule has 1 atom stereocenters. The van der Waals surface area contributed by atoms with Gasteiger partial charge in [-0.25, -0.2) is 0 Å². The van der Waals surface area contributed by atoms with E-state index in [-0.39, 0.29) is 18.6 Å². The molecule has 1 amide bonds. The third-order valence-electron chi connectivity index (χ3n) is 2.75. The lowest BCUT2D eigenvalue weighted by molar-refractivity contribution is -0.123. The van der Waals surface area contributed by atoms with E-state index < -0.39 is 0 Å². The zero-order chi connectivity index (χ0) is 14.1. The quantitative estimate of drug-likeness (QED) is 0.694. The molecule has 0 aliphatic heterocycles. The van der Waals surface area contributed by atoms with Crippen LogP contribution >= 0.6 is 0 Å². The Morgan fingerprint density at radius 1 is 1.37 bits per heavy atom. The number of nitrogens with two attached hydrogens (primary N) is 1. The molecule has 0 saturated carbocycles. The molecular formula is C14H22N2O3. The van der Waals surface area contributed by atoms with Gasteiger partial charge in [-0.05, 0) is 24.1 Å². The molecule has 0 spiro atoms. The molecular weight excluding hydrogens is 244 g/mol. The van der Waals surface area contributed by atoms with Gasteiger partial charge >= 0.3 is 0 Å². The fourth-order valence-corrected chi connectivity index (χ4v) is 1.54. The number of ether oxygens (including phenoxy) is 2. The Morgan fingerprint density at radius 3 is 2.63 bits per heavy atom. The second-order valence-electron chi connectivity index (χ2n) is 4.22. The van der Waals surface area contributed by atoms with Crippen LogP contribution in [-0.2, 0) is 9.53 Å². The first kappa shape index (κ1) is 15.5. The van der Waals surface area contributed by atoms with Gasteiger partial charge in [0.05, 0.1) is 6.61 Å². The molecule has 0 aliphatic carbocycles. The standard InChI is InChI=1S/C14H22N2O3/c1-3-13(15)11-4-6-12(7-5-11)19-10-14(17)16-8-9-18-2/h4-7,13H,3,8-10,15H2,1-2H3,(H,16,17)/t13-/m1/s1. The van der Waals surface area contributed by atoms with Crippen LogP contribution in [0.3, 0.4) is 0 Å².